The van der Waals surface area contributed by atoms with Crippen LogP contribution >= 0.6 is 0 Å². The molecule has 3 rings (SSSR count). The predicted molar refractivity (Wildman–Crippen MR) is 73.2 cm³/mol. The first-order valence-electron chi connectivity index (χ1n) is 6.61. The Morgan fingerprint density at radius 1 is 1.50 bits per heavy atom. The van der Waals surface area contributed by atoms with Gasteiger partial charge in [0.1, 0.15) is 5.82 Å². The van der Waals surface area contributed by atoms with Crippen LogP contribution in [0, 0.1) is 0 Å². The van der Waals surface area contributed by atoms with Crippen LogP contribution < -0.4 is 10.2 Å². The zero-order valence-electron chi connectivity index (χ0n) is 10.9. The highest BCUT2D eigenvalue weighted by Crippen LogP contribution is 2.29. The molecule has 2 aromatic heterocycles. The smallest absolute Gasteiger partial charge is 0.180 e. The summed E-state index contributed by atoms with van der Waals surface area (Å²) >= 11 is 0. The fourth-order valence-electron chi connectivity index (χ4n) is 2.77. The van der Waals surface area contributed by atoms with E-state index in [1.165, 1.54) is 19.3 Å². The van der Waals surface area contributed by atoms with Crippen molar-refractivity contribution < 1.29 is 0 Å². The van der Waals surface area contributed by atoms with Crippen molar-refractivity contribution in [1.82, 2.24) is 14.4 Å². The zero-order valence-corrected chi connectivity index (χ0v) is 10.9. The van der Waals surface area contributed by atoms with E-state index in [1.54, 1.807) is 0 Å². The van der Waals surface area contributed by atoms with E-state index in [0.29, 0.717) is 6.04 Å². The molecular weight excluding hydrogens is 226 g/mol. The summed E-state index contributed by atoms with van der Waals surface area (Å²) in [5.74, 6) is 1.90. The van der Waals surface area contributed by atoms with Crippen LogP contribution in [0.2, 0.25) is 0 Å². The van der Waals surface area contributed by atoms with Gasteiger partial charge in [-0.3, -0.25) is 0 Å². The molecule has 1 aliphatic heterocycles. The van der Waals surface area contributed by atoms with Crippen LogP contribution in [0.3, 0.4) is 0 Å². The molecule has 1 atom stereocenters. The first-order valence-corrected chi connectivity index (χ1v) is 6.61. The second kappa shape index (κ2) is 4.48. The highest BCUT2D eigenvalue weighted by atomic mass is 15.3. The standard InChI is InChI=1S/C13H19N5/c1-3-10-5-4-7-18(10)13-12-15-6-8-17(12)9-11(14-2)16-13/h6,8-10,14H,3-5,7H2,1-2H3. The first-order chi connectivity index (χ1) is 8.83. The molecule has 0 aromatic carbocycles. The van der Waals surface area contributed by atoms with Gasteiger partial charge in [-0.15, -0.1) is 0 Å². The quantitative estimate of drug-likeness (QED) is 0.900. The van der Waals surface area contributed by atoms with Gasteiger partial charge in [0.05, 0.1) is 6.20 Å². The molecule has 1 fully saturated rings. The summed E-state index contributed by atoms with van der Waals surface area (Å²) in [6, 6.07) is 0.602. The van der Waals surface area contributed by atoms with E-state index in [1.807, 2.05) is 30.0 Å². The zero-order chi connectivity index (χ0) is 12.5. The third-order valence-corrected chi connectivity index (χ3v) is 3.73. The monoisotopic (exact) mass is 245 g/mol. The van der Waals surface area contributed by atoms with E-state index in [0.717, 1.165) is 23.8 Å². The molecule has 0 spiro atoms. The lowest BCUT2D eigenvalue weighted by molar-refractivity contribution is 0.641. The van der Waals surface area contributed by atoms with Gasteiger partial charge < -0.3 is 14.6 Å². The maximum atomic E-state index is 4.70. The van der Waals surface area contributed by atoms with Gasteiger partial charge in [-0.1, -0.05) is 6.92 Å². The Kier molecular flexibility index (Phi) is 2.81. The number of aromatic nitrogens is 3. The number of nitrogens with one attached hydrogen (secondary N) is 1. The summed E-state index contributed by atoms with van der Waals surface area (Å²) in [5.41, 5.74) is 0.953. The van der Waals surface area contributed by atoms with E-state index in [2.05, 4.69) is 22.1 Å². The Balaban J connectivity index is 2.11. The molecule has 1 N–H and O–H groups in total. The Labute approximate surface area is 107 Å². The molecule has 5 nitrogen and oxygen atoms in total. The SMILES string of the molecule is CCC1CCCN1c1nc(NC)cn2ccnc12. The molecule has 1 aliphatic rings. The molecule has 2 aromatic rings. The predicted octanol–water partition coefficient (Wildman–Crippen LogP) is 2.15. The molecule has 0 bridgehead atoms. The largest absolute Gasteiger partial charge is 0.372 e. The molecule has 0 radical (unpaired) electrons. The van der Waals surface area contributed by atoms with Gasteiger partial charge in [0.25, 0.3) is 0 Å². The minimum absolute atomic E-state index is 0.602. The third kappa shape index (κ3) is 1.70. The van der Waals surface area contributed by atoms with Crippen LogP contribution in [-0.4, -0.2) is 34.0 Å². The first kappa shape index (κ1) is 11.3. The van der Waals surface area contributed by atoms with E-state index < -0.39 is 0 Å². The summed E-state index contributed by atoms with van der Waals surface area (Å²) < 4.78 is 2.04. The summed E-state index contributed by atoms with van der Waals surface area (Å²) in [7, 11) is 1.90. The Hall–Kier alpha value is -1.78. The fourth-order valence-corrected chi connectivity index (χ4v) is 2.77. The topological polar surface area (TPSA) is 45.5 Å². The van der Waals surface area contributed by atoms with Crippen molar-refractivity contribution in [1.29, 1.82) is 0 Å². The minimum atomic E-state index is 0.602. The number of rotatable bonds is 3. The number of anilines is 2. The fraction of sp³-hybridized carbons (Fsp3) is 0.538. The molecule has 3 heterocycles. The van der Waals surface area contributed by atoms with Gasteiger partial charge in [-0.2, -0.15) is 0 Å². The Morgan fingerprint density at radius 3 is 3.17 bits per heavy atom. The van der Waals surface area contributed by atoms with Gasteiger partial charge in [0.15, 0.2) is 11.5 Å². The van der Waals surface area contributed by atoms with Gasteiger partial charge in [0.2, 0.25) is 0 Å². The third-order valence-electron chi connectivity index (χ3n) is 3.73. The molecule has 18 heavy (non-hydrogen) atoms. The van der Waals surface area contributed by atoms with Crippen molar-refractivity contribution in [2.45, 2.75) is 32.2 Å². The van der Waals surface area contributed by atoms with E-state index >= 15 is 0 Å². The maximum Gasteiger partial charge on any atom is 0.180 e. The molecule has 5 heteroatoms. The highest BCUT2D eigenvalue weighted by Gasteiger charge is 2.26. The van der Waals surface area contributed by atoms with E-state index in [9.17, 15) is 0 Å². The second-order valence-electron chi connectivity index (χ2n) is 4.76. The number of hydrogen-bond acceptors (Lipinski definition) is 4. The minimum Gasteiger partial charge on any atom is -0.372 e. The van der Waals surface area contributed by atoms with Crippen molar-refractivity contribution in [3.8, 4) is 0 Å². The van der Waals surface area contributed by atoms with Crippen molar-refractivity contribution in [3.63, 3.8) is 0 Å². The van der Waals surface area contributed by atoms with Gasteiger partial charge in [0, 0.05) is 32.0 Å². The van der Waals surface area contributed by atoms with Crippen LogP contribution in [0.25, 0.3) is 5.65 Å². The van der Waals surface area contributed by atoms with Gasteiger partial charge in [-0.05, 0) is 19.3 Å². The molecule has 1 unspecified atom stereocenters. The lowest BCUT2D eigenvalue weighted by atomic mass is 10.2. The van der Waals surface area contributed by atoms with Gasteiger partial charge in [-0.25, -0.2) is 9.97 Å². The second-order valence-corrected chi connectivity index (χ2v) is 4.76. The maximum absolute atomic E-state index is 4.70. The van der Waals surface area contributed by atoms with Gasteiger partial charge >= 0.3 is 0 Å². The number of hydrogen-bond donors (Lipinski definition) is 1. The Bertz CT molecular complexity index is 547. The van der Waals surface area contributed by atoms with Crippen LogP contribution in [0.4, 0.5) is 11.6 Å². The molecular formula is C13H19N5. The average Bonchev–Trinajstić information content (AvgIpc) is 3.05. The molecule has 1 saturated heterocycles. The highest BCUT2D eigenvalue weighted by molar-refractivity contribution is 5.67. The van der Waals surface area contributed by atoms with Crippen LogP contribution in [0.1, 0.15) is 26.2 Å². The van der Waals surface area contributed by atoms with Crippen molar-refractivity contribution in [2.75, 3.05) is 23.8 Å². The van der Waals surface area contributed by atoms with Crippen LogP contribution in [0.5, 0.6) is 0 Å². The Morgan fingerprint density at radius 2 is 2.39 bits per heavy atom. The number of imidazole rings is 1. The average molecular weight is 245 g/mol. The molecule has 0 saturated carbocycles. The number of nitrogens with zero attached hydrogens (tertiary/aromatic N) is 4. The lowest BCUT2D eigenvalue weighted by Gasteiger charge is -2.25. The lowest BCUT2D eigenvalue weighted by Crippen LogP contribution is -2.30. The van der Waals surface area contributed by atoms with Crippen molar-refractivity contribution in [2.24, 2.45) is 0 Å². The van der Waals surface area contributed by atoms with E-state index in [-0.39, 0.29) is 0 Å². The molecule has 0 amide bonds. The summed E-state index contributed by atoms with van der Waals surface area (Å²) in [6.45, 7) is 3.33. The number of fused-ring (bicyclic) bond motifs is 1. The van der Waals surface area contributed by atoms with Crippen molar-refractivity contribution in [3.05, 3.63) is 18.6 Å². The van der Waals surface area contributed by atoms with E-state index in [4.69, 9.17) is 4.98 Å². The summed E-state index contributed by atoms with van der Waals surface area (Å²) in [5, 5.41) is 3.12. The van der Waals surface area contributed by atoms with Crippen LogP contribution in [0.15, 0.2) is 18.6 Å². The molecule has 96 valence electrons. The van der Waals surface area contributed by atoms with Crippen LogP contribution in [-0.2, 0) is 0 Å². The normalized spacial score (nSPS) is 19.7. The molecule has 0 aliphatic carbocycles. The van der Waals surface area contributed by atoms with Crippen molar-refractivity contribution >= 4 is 17.3 Å². The summed E-state index contributed by atoms with van der Waals surface area (Å²) in [6.07, 6.45) is 9.45. The summed E-state index contributed by atoms with van der Waals surface area (Å²) in [4.78, 5) is 11.5.